The highest BCUT2D eigenvalue weighted by atomic mass is 32.2. The Hall–Kier alpha value is -1.44. The van der Waals surface area contributed by atoms with Crippen LogP contribution in [0.15, 0.2) is 46.0 Å². The lowest BCUT2D eigenvalue weighted by Gasteiger charge is -2.05. The highest BCUT2D eigenvalue weighted by molar-refractivity contribution is 8.01. The molecule has 0 aliphatic carbocycles. The van der Waals surface area contributed by atoms with Crippen molar-refractivity contribution < 1.29 is 4.74 Å². The molecule has 2 rings (SSSR count). The van der Waals surface area contributed by atoms with Gasteiger partial charge in [-0.2, -0.15) is 5.26 Å². The number of thiophene rings is 1. The number of ether oxygens (including phenoxy) is 1. The average molecular weight is 261 g/mol. The molecular formula is C13H11NOS2. The van der Waals surface area contributed by atoms with Gasteiger partial charge < -0.3 is 4.74 Å². The van der Waals surface area contributed by atoms with Gasteiger partial charge in [0.1, 0.15) is 5.75 Å². The first kappa shape index (κ1) is 12.0. The molecule has 0 N–H and O–H groups in total. The lowest BCUT2D eigenvalue weighted by atomic mass is 10.2. The Morgan fingerprint density at radius 3 is 3.00 bits per heavy atom. The van der Waals surface area contributed by atoms with Crippen LogP contribution in [0, 0.1) is 11.3 Å². The van der Waals surface area contributed by atoms with Crippen molar-refractivity contribution in [1.82, 2.24) is 0 Å². The van der Waals surface area contributed by atoms with E-state index >= 15 is 0 Å². The van der Waals surface area contributed by atoms with Gasteiger partial charge in [0.05, 0.1) is 22.4 Å². The first-order valence-electron chi connectivity index (χ1n) is 5.18. The molecule has 0 aliphatic heterocycles. The van der Waals surface area contributed by atoms with Crippen LogP contribution in [0.25, 0.3) is 0 Å². The van der Waals surface area contributed by atoms with Crippen molar-refractivity contribution >= 4 is 23.1 Å². The summed E-state index contributed by atoms with van der Waals surface area (Å²) in [7, 11) is 0. The molecule has 0 bridgehead atoms. The Labute approximate surface area is 109 Å². The highest BCUT2D eigenvalue weighted by Gasteiger charge is 1.97. The molecule has 0 saturated carbocycles. The average Bonchev–Trinajstić information content (AvgIpc) is 2.88. The SMILES string of the molecule is N#Cc1cccc(OCCSc2cccs2)c1. The zero-order chi connectivity index (χ0) is 11.9. The summed E-state index contributed by atoms with van der Waals surface area (Å²) in [5.74, 6) is 1.67. The second-order valence-corrected chi connectivity index (χ2v) is 5.61. The standard InChI is InChI=1S/C13H11NOS2/c14-10-11-3-1-4-12(9-11)15-6-8-17-13-5-2-7-16-13/h1-5,7,9H,6,8H2. The molecule has 1 aromatic carbocycles. The van der Waals surface area contributed by atoms with E-state index in [1.807, 2.05) is 18.2 Å². The number of thioether (sulfide) groups is 1. The van der Waals surface area contributed by atoms with Crippen molar-refractivity contribution in [3.63, 3.8) is 0 Å². The fourth-order valence-electron chi connectivity index (χ4n) is 1.30. The van der Waals surface area contributed by atoms with Gasteiger partial charge in [0.25, 0.3) is 0 Å². The fourth-order valence-corrected chi connectivity index (χ4v) is 2.98. The van der Waals surface area contributed by atoms with Gasteiger partial charge in [0, 0.05) is 5.75 Å². The zero-order valence-electron chi connectivity index (χ0n) is 9.13. The van der Waals surface area contributed by atoms with Crippen molar-refractivity contribution in [2.45, 2.75) is 4.21 Å². The molecular weight excluding hydrogens is 250 g/mol. The van der Waals surface area contributed by atoms with Crippen molar-refractivity contribution in [3.05, 3.63) is 47.3 Å². The third-order valence-electron chi connectivity index (χ3n) is 2.05. The lowest BCUT2D eigenvalue weighted by molar-refractivity contribution is 0.344. The van der Waals surface area contributed by atoms with Gasteiger partial charge in [-0.1, -0.05) is 12.1 Å². The first-order valence-corrected chi connectivity index (χ1v) is 7.04. The van der Waals surface area contributed by atoms with Crippen LogP contribution in [0.2, 0.25) is 0 Å². The second kappa shape index (κ2) is 6.33. The summed E-state index contributed by atoms with van der Waals surface area (Å²) in [6.45, 7) is 0.650. The molecule has 0 atom stereocenters. The Morgan fingerprint density at radius 1 is 1.29 bits per heavy atom. The summed E-state index contributed by atoms with van der Waals surface area (Å²) in [5, 5.41) is 10.8. The van der Waals surface area contributed by atoms with Crippen LogP contribution in [-0.2, 0) is 0 Å². The summed E-state index contributed by atoms with van der Waals surface area (Å²) < 4.78 is 6.88. The number of benzene rings is 1. The van der Waals surface area contributed by atoms with Gasteiger partial charge in [0.15, 0.2) is 0 Å². The molecule has 0 radical (unpaired) electrons. The molecule has 0 saturated heterocycles. The van der Waals surface area contributed by atoms with Crippen molar-refractivity contribution in [2.75, 3.05) is 12.4 Å². The van der Waals surface area contributed by atoms with Crippen molar-refractivity contribution in [2.24, 2.45) is 0 Å². The first-order chi connectivity index (χ1) is 8.38. The second-order valence-electron chi connectivity index (χ2n) is 3.27. The van der Waals surface area contributed by atoms with Crippen LogP contribution in [0.3, 0.4) is 0 Å². The predicted molar refractivity (Wildman–Crippen MR) is 71.7 cm³/mol. The van der Waals surface area contributed by atoms with Gasteiger partial charge >= 0.3 is 0 Å². The molecule has 0 unspecified atom stereocenters. The molecule has 2 aromatic rings. The maximum atomic E-state index is 8.75. The van der Waals surface area contributed by atoms with E-state index in [-0.39, 0.29) is 0 Å². The van der Waals surface area contributed by atoms with Crippen LogP contribution >= 0.6 is 23.1 Å². The maximum absolute atomic E-state index is 8.75. The van der Waals surface area contributed by atoms with Gasteiger partial charge in [-0.3, -0.25) is 0 Å². The minimum Gasteiger partial charge on any atom is -0.493 e. The molecule has 0 spiro atoms. The molecule has 1 heterocycles. The molecule has 0 amide bonds. The topological polar surface area (TPSA) is 33.0 Å². The minimum absolute atomic E-state index is 0.633. The van der Waals surface area contributed by atoms with Crippen molar-refractivity contribution in [1.29, 1.82) is 5.26 Å². The number of hydrogen-bond donors (Lipinski definition) is 0. The van der Waals surface area contributed by atoms with E-state index in [2.05, 4.69) is 17.5 Å². The molecule has 0 aliphatic rings. The molecule has 86 valence electrons. The van der Waals surface area contributed by atoms with Crippen LogP contribution < -0.4 is 4.74 Å². The quantitative estimate of drug-likeness (QED) is 0.606. The van der Waals surface area contributed by atoms with Crippen molar-refractivity contribution in [3.8, 4) is 11.8 Å². The molecule has 17 heavy (non-hydrogen) atoms. The molecule has 1 aromatic heterocycles. The number of nitriles is 1. The molecule has 4 heteroatoms. The smallest absolute Gasteiger partial charge is 0.120 e. The summed E-state index contributed by atoms with van der Waals surface area (Å²) in [5.41, 5.74) is 0.633. The van der Waals surface area contributed by atoms with E-state index in [0.29, 0.717) is 12.2 Å². The van der Waals surface area contributed by atoms with Gasteiger partial charge in [0.2, 0.25) is 0 Å². The Morgan fingerprint density at radius 2 is 2.24 bits per heavy atom. The van der Waals surface area contributed by atoms with E-state index in [9.17, 15) is 0 Å². The maximum Gasteiger partial charge on any atom is 0.120 e. The number of nitrogens with zero attached hydrogens (tertiary/aromatic N) is 1. The third kappa shape index (κ3) is 3.81. The van der Waals surface area contributed by atoms with Gasteiger partial charge in [-0.05, 0) is 29.6 Å². The van der Waals surface area contributed by atoms with Crippen LogP contribution in [0.1, 0.15) is 5.56 Å². The summed E-state index contributed by atoms with van der Waals surface area (Å²) in [6.07, 6.45) is 0. The molecule has 2 nitrogen and oxygen atoms in total. The fraction of sp³-hybridized carbons (Fsp3) is 0.154. The van der Waals surface area contributed by atoms with Gasteiger partial charge in [-0.15, -0.1) is 23.1 Å². The summed E-state index contributed by atoms with van der Waals surface area (Å²) in [4.78, 5) is 0. The largest absolute Gasteiger partial charge is 0.493 e. The van der Waals surface area contributed by atoms with Crippen LogP contribution in [0.5, 0.6) is 5.75 Å². The van der Waals surface area contributed by atoms with E-state index < -0.39 is 0 Å². The highest BCUT2D eigenvalue weighted by Crippen LogP contribution is 2.23. The normalized spacial score (nSPS) is 9.82. The Bertz CT molecular complexity index is 502. The minimum atomic E-state index is 0.633. The Balaban J connectivity index is 1.76. The molecule has 0 fully saturated rings. The lowest BCUT2D eigenvalue weighted by Crippen LogP contribution is -1.99. The summed E-state index contributed by atoms with van der Waals surface area (Å²) >= 11 is 3.52. The Kier molecular flexibility index (Phi) is 4.48. The number of hydrogen-bond acceptors (Lipinski definition) is 4. The van der Waals surface area contributed by atoms with E-state index in [1.165, 1.54) is 4.21 Å². The number of rotatable bonds is 5. The van der Waals surface area contributed by atoms with E-state index in [1.54, 1.807) is 35.2 Å². The van der Waals surface area contributed by atoms with Crippen LogP contribution in [-0.4, -0.2) is 12.4 Å². The van der Waals surface area contributed by atoms with Gasteiger partial charge in [-0.25, -0.2) is 0 Å². The zero-order valence-corrected chi connectivity index (χ0v) is 10.8. The summed E-state index contributed by atoms with van der Waals surface area (Å²) in [6, 6.07) is 13.5. The predicted octanol–water partition coefficient (Wildman–Crippen LogP) is 3.79. The van der Waals surface area contributed by atoms with E-state index in [4.69, 9.17) is 10.00 Å². The third-order valence-corrected chi connectivity index (χ3v) is 4.15. The monoisotopic (exact) mass is 261 g/mol. The van der Waals surface area contributed by atoms with E-state index in [0.717, 1.165) is 11.5 Å². The van der Waals surface area contributed by atoms with Crippen LogP contribution in [0.4, 0.5) is 0 Å².